The minimum atomic E-state index is -0.665. The smallest absolute Gasteiger partial charge is 0.309 e. The fourth-order valence-electron chi connectivity index (χ4n) is 1.31. The molecule has 1 unspecified atom stereocenters. The molecule has 5 nitrogen and oxygen atoms in total. The summed E-state index contributed by atoms with van der Waals surface area (Å²) in [5, 5.41) is 4.93. The first kappa shape index (κ1) is 14.9. The second kappa shape index (κ2) is 7.35. The third-order valence-electron chi connectivity index (χ3n) is 2.19. The Labute approximate surface area is 114 Å². The number of halogens is 1. The maximum absolute atomic E-state index is 11.4. The number of methoxy groups -OCH3 is 1. The average molecular weight is 291 g/mol. The van der Waals surface area contributed by atoms with Crippen LogP contribution in [0.1, 0.15) is 17.9 Å². The SMILES string of the molecule is CCNC(=O)C(=O)NCC(OC)c1ccc(Cl)s1. The Morgan fingerprint density at radius 3 is 2.56 bits per heavy atom. The molecule has 1 atom stereocenters. The van der Waals surface area contributed by atoms with Crippen molar-refractivity contribution >= 4 is 34.8 Å². The van der Waals surface area contributed by atoms with Crippen LogP contribution in [0.25, 0.3) is 0 Å². The Morgan fingerprint density at radius 2 is 2.06 bits per heavy atom. The van der Waals surface area contributed by atoms with Crippen LogP contribution in [-0.2, 0) is 14.3 Å². The van der Waals surface area contributed by atoms with Crippen LogP contribution in [0.4, 0.5) is 0 Å². The van der Waals surface area contributed by atoms with E-state index in [-0.39, 0.29) is 12.6 Å². The number of likely N-dealkylation sites (N-methyl/N-ethyl adjacent to an activating group) is 1. The van der Waals surface area contributed by atoms with Gasteiger partial charge in [-0.25, -0.2) is 0 Å². The van der Waals surface area contributed by atoms with Crippen LogP contribution in [0.5, 0.6) is 0 Å². The van der Waals surface area contributed by atoms with E-state index in [2.05, 4.69) is 10.6 Å². The molecule has 0 fully saturated rings. The number of thiophene rings is 1. The molecule has 100 valence electrons. The van der Waals surface area contributed by atoms with E-state index in [4.69, 9.17) is 16.3 Å². The van der Waals surface area contributed by atoms with Crippen molar-refractivity contribution in [2.75, 3.05) is 20.2 Å². The molecule has 0 aliphatic rings. The maximum Gasteiger partial charge on any atom is 0.309 e. The van der Waals surface area contributed by atoms with Crippen LogP contribution in [-0.4, -0.2) is 32.0 Å². The second-order valence-electron chi connectivity index (χ2n) is 3.44. The quantitative estimate of drug-likeness (QED) is 0.804. The summed E-state index contributed by atoms with van der Waals surface area (Å²) in [6.45, 7) is 2.39. The highest BCUT2D eigenvalue weighted by molar-refractivity contribution is 7.16. The normalized spacial score (nSPS) is 11.9. The molecule has 18 heavy (non-hydrogen) atoms. The molecule has 7 heteroatoms. The molecule has 2 N–H and O–H groups in total. The highest BCUT2D eigenvalue weighted by Gasteiger charge is 2.17. The molecule has 1 aromatic heterocycles. The lowest BCUT2D eigenvalue weighted by molar-refractivity contribution is -0.139. The summed E-state index contributed by atoms with van der Waals surface area (Å²) in [5.41, 5.74) is 0. The van der Waals surface area contributed by atoms with Gasteiger partial charge in [-0.3, -0.25) is 9.59 Å². The molecule has 1 aromatic rings. The van der Waals surface area contributed by atoms with Gasteiger partial charge in [0.05, 0.1) is 4.34 Å². The van der Waals surface area contributed by atoms with Gasteiger partial charge in [-0.05, 0) is 19.1 Å². The fraction of sp³-hybridized carbons (Fsp3) is 0.455. The van der Waals surface area contributed by atoms with Gasteiger partial charge in [0.2, 0.25) is 0 Å². The summed E-state index contributed by atoms with van der Waals surface area (Å²) in [4.78, 5) is 23.5. The van der Waals surface area contributed by atoms with Gasteiger partial charge in [-0.2, -0.15) is 0 Å². The molecule has 0 bridgehead atoms. The van der Waals surface area contributed by atoms with Crippen molar-refractivity contribution in [2.45, 2.75) is 13.0 Å². The first-order chi connectivity index (χ1) is 8.58. The molecule has 0 aromatic carbocycles. The Hall–Kier alpha value is -1.11. The molecular formula is C11H15ClN2O3S. The van der Waals surface area contributed by atoms with E-state index >= 15 is 0 Å². The molecule has 1 heterocycles. The van der Waals surface area contributed by atoms with Crippen LogP contribution in [0.2, 0.25) is 4.34 Å². The summed E-state index contributed by atoms with van der Waals surface area (Å²) in [6, 6.07) is 3.60. The number of carbonyl (C=O) groups excluding carboxylic acids is 2. The van der Waals surface area contributed by atoms with E-state index in [0.29, 0.717) is 10.9 Å². The van der Waals surface area contributed by atoms with Crippen molar-refractivity contribution in [2.24, 2.45) is 0 Å². The molecular weight excluding hydrogens is 276 g/mol. The first-order valence-corrected chi connectivity index (χ1v) is 6.62. The third kappa shape index (κ3) is 4.29. The molecule has 2 amide bonds. The molecule has 0 spiro atoms. The summed E-state index contributed by atoms with van der Waals surface area (Å²) < 4.78 is 5.90. The monoisotopic (exact) mass is 290 g/mol. The number of hydrogen-bond acceptors (Lipinski definition) is 4. The Balaban J connectivity index is 2.50. The van der Waals surface area contributed by atoms with Gasteiger partial charge in [0.1, 0.15) is 6.10 Å². The molecule has 0 saturated heterocycles. The van der Waals surface area contributed by atoms with E-state index in [0.717, 1.165) is 4.88 Å². The van der Waals surface area contributed by atoms with Crippen molar-refractivity contribution in [3.8, 4) is 0 Å². The van der Waals surface area contributed by atoms with E-state index in [1.54, 1.807) is 13.0 Å². The molecule has 0 aliphatic heterocycles. The Morgan fingerprint density at radius 1 is 1.39 bits per heavy atom. The molecule has 1 rings (SSSR count). The van der Waals surface area contributed by atoms with Gasteiger partial charge in [0.25, 0.3) is 0 Å². The Kier molecular flexibility index (Phi) is 6.11. The first-order valence-electron chi connectivity index (χ1n) is 5.42. The van der Waals surface area contributed by atoms with E-state index in [1.165, 1.54) is 18.4 Å². The molecule has 0 radical (unpaired) electrons. The zero-order chi connectivity index (χ0) is 13.5. The number of rotatable bonds is 5. The minimum absolute atomic E-state index is 0.226. The van der Waals surface area contributed by atoms with Crippen LogP contribution in [0.15, 0.2) is 12.1 Å². The van der Waals surface area contributed by atoms with Crippen molar-refractivity contribution in [3.63, 3.8) is 0 Å². The van der Waals surface area contributed by atoms with Gasteiger partial charge in [-0.1, -0.05) is 11.6 Å². The zero-order valence-corrected chi connectivity index (χ0v) is 11.7. The van der Waals surface area contributed by atoms with E-state index in [9.17, 15) is 9.59 Å². The Bertz CT molecular complexity index is 422. The van der Waals surface area contributed by atoms with Crippen molar-refractivity contribution < 1.29 is 14.3 Å². The minimum Gasteiger partial charge on any atom is -0.374 e. The van der Waals surface area contributed by atoms with Crippen LogP contribution >= 0.6 is 22.9 Å². The highest BCUT2D eigenvalue weighted by atomic mass is 35.5. The third-order valence-corrected chi connectivity index (χ3v) is 3.51. The number of carbonyl (C=O) groups is 2. The molecule has 0 aliphatic carbocycles. The van der Waals surface area contributed by atoms with E-state index < -0.39 is 11.8 Å². The zero-order valence-electron chi connectivity index (χ0n) is 10.2. The van der Waals surface area contributed by atoms with Gasteiger partial charge in [0, 0.05) is 25.1 Å². The standard InChI is InChI=1S/C11H15ClN2O3S/c1-3-13-10(15)11(16)14-6-7(17-2)8-4-5-9(12)18-8/h4-5,7H,3,6H2,1-2H3,(H,13,15)(H,14,16). The largest absolute Gasteiger partial charge is 0.374 e. The summed E-state index contributed by atoms with van der Waals surface area (Å²) in [5.74, 6) is -1.31. The van der Waals surface area contributed by atoms with Crippen LogP contribution < -0.4 is 10.6 Å². The summed E-state index contributed by atoms with van der Waals surface area (Å²) in [6.07, 6.45) is -0.305. The number of amides is 2. The summed E-state index contributed by atoms with van der Waals surface area (Å²) >= 11 is 7.21. The lowest BCUT2D eigenvalue weighted by Gasteiger charge is -2.14. The fourth-order valence-corrected chi connectivity index (χ4v) is 2.45. The lowest BCUT2D eigenvalue weighted by atomic mass is 10.3. The predicted molar refractivity (Wildman–Crippen MR) is 70.8 cm³/mol. The predicted octanol–water partition coefficient (Wildman–Crippen LogP) is 1.34. The topological polar surface area (TPSA) is 67.4 Å². The van der Waals surface area contributed by atoms with Crippen molar-refractivity contribution in [1.82, 2.24) is 10.6 Å². The van der Waals surface area contributed by atoms with Crippen LogP contribution in [0.3, 0.4) is 0 Å². The van der Waals surface area contributed by atoms with Crippen molar-refractivity contribution in [1.29, 1.82) is 0 Å². The number of nitrogens with one attached hydrogen (secondary N) is 2. The lowest BCUT2D eigenvalue weighted by Crippen LogP contribution is -2.41. The van der Waals surface area contributed by atoms with Gasteiger partial charge in [-0.15, -0.1) is 11.3 Å². The van der Waals surface area contributed by atoms with E-state index in [1.807, 2.05) is 6.07 Å². The highest BCUT2D eigenvalue weighted by Crippen LogP contribution is 2.28. The summed E-state index contributed by atoms with van der Waals surface area (Å²) in [7, 11) is 1.54. The number of ether oxygens (including phenoxy) is 1. The van der Waals surface area contributed by atoms with Gasteiger partial charge < -0.3 is 15.4 Å². The van der Waals surface area contributed by atoms with Gasteiger partial charge in [0.15, 0.2) is 0 Å². The van der Waals surface area contributed by atoms with Crippen LogP contribution in [0, 0.1) is 0 Å². The maximum atomic E-state index is 11.4. The average Bonchev–Trinajstić information content (AvgIpc) is 2.76. The van der Waals surface area contributed by atoms with Crippen molar-refractivity contribution in [3.05, 3.63) is 21.3 Å². The second-order valence-corrected chi connectivity index (χ2v) is 5.18. The van der Waals surface area contributed by atoms with Gasteiger partial charge >= 0.3 is 11.8 Å². The number of hydrogen-bond donors (Lipinski definition) is 2. The molecule has 0 saturated carbocycles.